The van der Waals surface area contributed by atoms with Crippen LogP contribution in [-0.2, 0) is 0 Å². The third-order valence-electron chi connectivity index (χ3n) is 0.714. The summed E-state index contributed by atoms with van der Waals surface area (Å²) < 4.78 is 4.32. The molecule has 0 aliphatic rings. The summed E-state index contributed by atoms with van der Waals surface area (Å²) in [5.74, 6) is 0. The number of halogens is 1. The van der Waals surface area contributed by atoms with Gasteiger partial charge in [-0.3, -0.25) is 0 Å². The molecule has 1 aromatic rings. The fourth-order valence-corrected chi connectivity index (χ4v) is 0.479. The van der Waals surface area contributed by atoms with Crippen LogP contribution in [-0.4, -0.2) is 15.4 Å². The molecule has 0 amide bonds. The van der Waals surface area contributed by atoms with Crippen LogP contribution in [0.3, 0.4) is 0 Å². The number of aromatic nitrogens is 2. The van der Waals surface area contributed by atoms with Gasteiger partial charge < -0.3 is 4.74 Å². The van der Waals surface area contributed by atoms with Crippen molar-refractivity contribution in [2.24, 2.45) is 0 Å². The van der Waals surface area contributed by atoms with E-state index in [4.69, 9.17) is 11.6 Å². The zero-order valence-corrected chi connectivity index (χ0v) is 5.58. The maximum atomic E-state index is 10.1. The highest BCUT2D eigenvalue weighted by Crippen LogP contribution is 1.99. The molecular weight excluding hydrogens is 156 g/mol. The first-order chi connectivity index (χ1) is 4.79. The Bertz CT molecular complexity index is 226. The molecule has 0 N–H and O–H groups in total. The van der Waals surface area contributed by atoms with Gasteiger partial charge in [0.1, 0.15) is 0 Å². The first-order valence-corrected chi connectivity index (χ1v) is 2.81. The molecule has 0 spiro atoms. The Balaban J connectivity index is 2.67. The normalized spacial score (nSPS) is 8.90. The summed E-state index contributed by atoms with van der Waals surface area (Å²) in [5, 5.41) is 0. The van der Waals surface area contributed by atoms with Gasteiger partial charge in [-0.2, -0.15) is 0 Å². The highest BCUT2D eigenvalue weighted by Gasteiger charge is 1.99. The van der Waals surface area contributed by atoms with Crippen LogP contribution in [0.2, 0.25) is 0 Å². The van der Waals surface area contributed by atoms with Crippen molar-refractivity contribution >= 4 is 17.0 Å². The van der Waals surface area contributed by atoms with Gasteiger partial charge in [0, 0.05) is 24.0 Å². The van der Waals surface area contributed by atoms with Crippen molar-refractivity contribution in [3.05, 3.63) is 18.5 Å². The predicted octanol–water partition coefficient (Wildman–Crippen LogP) is 1.21. The Morgan fingerprint density at radius 2 is 2.10 bits per heavy atom. The van der Waals surface area contributed by atoms with Crippen LogP contribution in [0.1, 0.15) is 0 Å². The maximum absolute atomic E-state index is 10.1. The lowest BCUT2D eigenvalue weighted by molar-refractivity contribution is 0.222. The molecule has 0 aliphatic heterocycles. The minimum atomic E-state index is -0.939. The molecule has 1 aromatic heterocycles. The lowest BCUT2D eigenvalue weighted by atomic mass is 10.7. The van der Waals surface area contributed by atoms with Gasteiger partial charge in [-0.15, -0.1) is 0 Å². The van der Waals surface area contributed by atoms with Crippen LogP contribution in [0, 0.1) is 0 Å². The van der Waals surface area contributed by atoms with Gasteiger partial charge in [-0.05, 0) is 6.07 Å². The third kappa shape index (κ3) is 1.99. The molecule has 5 heteroatoms. The van der Waals surface area contributed by atoms with Crippen LogP contribution in [0.5, 0.6) is 6.01 Å². The van der Waals surface area contributed by atoms with Crippen molar-refractivity contribution in [3.8, 4) is 6.01 Å². The van der Waals surface area contributed by atoms with Gasteiger partial charge in [0.2, 0.25) is 0 Å². The molecule has 1 heterocycles. The number of hydrogen-bond donors (Lipinski definition) is 0. The molecule has 0 fully saturated rings. The van der Waals surface area contributed by atoms with Crippen LogP contribution in [0.25, 0.3) is 0 Å². The highest BCUT2D eigenvalue weighted by atomic mass is 35.5. The number of nitrogens with zero attached hydrogens (tertiary/aromatic N) is 2. The summed E-state index contributed by atoms with van der Waals surface area (Å²) in [4.78, 5) is 17.2. The van der Waals surface area contributed by atoms with Gasteiger partial charge in [0.15, 0.2) is 0 Å². The summed E-state index contributed by atoms with van der Waals surface area (Å²) >= 11 is 4.87. The highest BCUT2D eigenvalue weighted by molar-refractivity contribution is 6.61. The van der Waals surface area contributed by atoms with E-state index in [2.05, 4.69) is 14.7 Å². The van der Waals surface area contributed by atoms with E-state index in [1.54, 1.807) is 6.07 Å². The number of carbonyl (C=O) groups excluding carboxylic acids is 1. The molecule has 0 aromatic carbocycles. The Labute approximate surface area is 61.8 Å². The van der Waals surface area contributed by atoms with E-state index in [1.165, 1.54) is 12.4 Å². The SMILES string of the molecule is O=C(Cl)Oc1ncccn1. The summed E-state index contributed by atoms with van der Waals surface area (Å²) in [7, 11) is 0. The first-order valence-electron chi connectivity index (χ1n) is 2.43. The van der Waals surface area contributed by atoms with Crippen molar-refractivity contribution in [2.45, 2.75) is 0 Å². The molecule has 4 nitrogen and oxygen atoms in total. The van der Waals surface area contributed by atoms with Gasteiger partial charge in [0.25, 0.3) is 0 Å². The van der Waals surface area contributed by atoms with E-state index in [0.717, 1.165) is 0 Å². The molecule has 10 heavy (non-hydrogen) atoms. The number of hydrogen-bond acceptors (Lipinski definition) is 4. The second-order valence-electron chi connectivity index (χ2n) is 1.37. The Kier molecular flexibility index (Phi) is 2.17. The van der Waals surface area contributed by atoms with E-state index < -0.39 is 5.43 Å². The number of rotatable bonds is 1. The van der Waals surface area contributed by atoms with Crippen LogP contribution in [0.4, 0.5) is 4.79 Å². The minimum Gasteiger partial charge on any atom is -0.378 e. The molecular formula is C5H3ClN2O2. The largest absolute Gasteiger partial charge is 0.411 e. The lowest BCUT2D eigenvalue weighted by Crippen LogP contribution is -1.99. The van der Waals surface area contributed by atoms with E-state index in [9.17, 15) is 4.79 Å². The van der Waals surface area contributed by atoms with E-state index in [1.807, 2.05) is 0 Å². The quantitative estimate of drug-likeness (QED) is 0.577. The summed E-state index contributed by atoms with van der Waals surface area (Å²) in [6.45, 7) is 0. The topological polar surface area (TPSA) is 52.1 Å². The molecule has 0 unspecified atom stereocenters. The molecule has 0 bridgehead atoms. The van der Waals surface area contributed by atoms with Crippen molar-refractivity contribution in [2.75, 3.05) is 0 Å². The summed E-state index contributed by atoms with van der Waals surface area (Å²) in [6, 6.07) is 1.56. The monoisotopic (exact) mass is 158 g/mol. The molecule has 0 atom stereocenters. The molecule has 0 aliphatic carbocycles. The molecule has 1 rings (SSSR count). The van der Waals surface area contributed by atoms with Gasteiger partial charge in [-0.25, -0.2) is 14.8 Å². The van der Waals surface area contributed by atoms with Crippen LogP contribution >= 0.6 is 11.6 Å². The molecule has 0 saturated carbocycles. The smallest absolute Gasteiger partial charge is 0.378 e. The third-order valence-corrected chi connectivity index (χ3v) is 0.791. The fraction of sp³-hybridized carbons (Fsp3) is 0. The Morgan fingerprint density at radius 1 is 1.50 bits per heavy atom. The predicted molar refractivity (Wildman–Crippen MR) is 33.9 cm³/mol. The fourth-order valence-electron chi connectivity index (χ4n) is 0.410. The Morgan fingerprint density at radius 3 is 2.60 bits per heavy atom. The zero-order chi connectivity index (χ0) is 7.40. The number of ether oxygens (including phenoxy) is 1. The van der Waals surface area contributed by atoms with Crippen molar-refractivity contribution in [1.82, 2.24) is 9.97 Å². The van der Waals surface area contributed by atoms with Crippen molar-refractivity contribution in [1.29, 1.82) is 0 Å². The molecule has 0 radical (unpaired) electrons. The van der Waals surface area contributed by atoms with Gasteiger partial charge in [-0.1, -0.05) is 0 Å². The van der Waals surface area contributed by atoms with Crippen LogP contribution in [0.15, 0.2) is 18.5 Å². The van der Waals surface area contributed by atoms with Crippen molar-refractivity contribution < 1.29 is 9.53 Å². The zero-order valence-electron chi connectivity index (χ0n) is 4.82. The number of carbonyl (C=O) groups is 1. The second-order valence-corrected chi connectivity index (χ2v) is 1.68. The lowest BCUT2D eigenvalue weighted by Gasteiger charge is -1.92. The first kappa shape index (κ1) is 6.95. The standard InChI is InChI=1S/C5H3ClN2O2/c6-4(9)10-5-7-2-1-3-8-5/h1-3H. The average molecular weight is 159 g/mol. The average Bonchev–Trinajstić information content (AvgIpc) is 1.88. The summed E-state index contributed by atoms with van der Waals surface area (Å²) in [6.07, 6.45) is 2.89. The van der Waals surface area contributed by atoms with E-state index >= 15 is 0 Å². The molecule has 0 saturated heterocycles. The summed E-state index contributed by atoms with van der Waals surface area (Å²) in [5.41, 5.74) is -0.939. The Hall–Kier alpha value is -1.16. The van der Waals surface area contributed by atoms with Crippen LogP contribution < -0.4 is 4.74 Å². The second kappa shape index (κ2) is 3.12. The van der Waals surface area contributed by atoms with E-state index in [0.29, 0.717) is 0 Å². The van der Waals surface area contributed by atoms with Crippen molar-refractivity contribution in [3.63, 3.8) is 0 Å². The minimum absolute atomic E-state index is 0.0394. The van der Waals surface area contributed by atoms with Gasteiger partial charge in [0.05, 0.1) is 0 Å². The van der Waals surface area contributed by atoms with E-state index in [-0.39, 0.29) is 6.01 Å². The maximum Gasteiger partial charge on any atom is 0.411 e. The van der Waals surface area contributed by atoms with Gasteiger partial charge >= 0.3 is 11.4 Å². The molecule has 52 valence electrons.